The standard InChI is InChI=1S/C23H29N7O5.H2S/c31-15-4-7-30(13-15)22-25-17(14-34-22)21(32)24-16-12-18-19(26-20(16)28-5-2-1-3-6-28)27-23(35-18)29-8-10-33-11-9-29;/h12,14-15,31H,1-11,13H2,(H,24,32);1H2/t15-;/m0./s1. The van der Waals surface area contributed by atoms with Crippen LogP contribution in [0.5, 0.6) is 0 Å². The molecule has 0 saturated carbocycles. The first-order chi connectivity index (χ1) is 17.1. The fourth-order valence-corrected chi connectivity index (χ4v) is 4.79. The van der Waals surface area contributed by atoms with E-state index in [0.29, 0.717) is 80.6 Å². The zero-order valence-corrected chi connectivity index (χ0v) is 21.0. The molecule has 3 aliphatic rings. The molecule has 3 aromatic heterocycles. The van der Waals surface area contributed by atoms with E-state index in [9.17, 15) is 9.90 Å². The number of ether oxygens (including phenoxy) is 1. The summed E-state index contributed by atoms with van der Waals surface area (Å²) in [5.74, 6) is 0.283. The van der Waals surface area contributed by atoms with Gasteiger partial charge < -0.3 is 38.7 Å². The number of nitrogens with one attached hydrogen (secondary N) is 1. The molecule has 1 amide bonds. The van der Waals surface area contributed by atoms with Crippen molar-refractivity contribution in [3.63, 3.8) is 0 Å². The van der Waals surface area contributed by atoms with E-state index in [4.69, 9.17) is 18.6 Å². The zero-order valence-electron chi connectivity index (χ0n) is 20.0. The Bertz CT molecular complexity index is 1200. The van der Waals surface area contributed by atoms with Crippen molar-refractivity contribution in [2.75, 3.05) is 72.5 Å². The van der Waals surface area contributed by atoms with E-state index in [1.165, 1.54) is 12.7 Å². The van der Waals surface area contributed by atoms with Crippen molar-refractivity contribution in [1.29, 1.82) is 0 Å². The van der Waals surface area contributed by atoms with Crippen molar-refractivity contribution < 1.29 is 23.5 Å². The number of aromatic nitrogens is 3. The van der Waals surface area contributed by atoms with Crippen LogP contribution in [0.2, 0.25) is 0 Å². The number of nitrogens with zero attached hydrogens (tertiary/aromatic N) is 6. The number of pyridine rings is 1. The number of piperidine rings is 1. The van der Waals surface area contributed by atoms with Gasteiger partial charge in [-0.05, 0) is 25.7 Å². The number of morpholine rings is 1. The zero-order chi connectivity index (χ0) is 23.8. The number of anilines is 4. The first-order valence-electron chi connectivity index (χ1n) is 12.2. The van der Waals surface area contributed by atoms with Crippen LogP contribution in [0.15, 0.2) is 21.2 Å². The number of carbonyl (C=O) groups excluding carboxylic acids is 1. The Labute approximate surface area is 215 Å². The van der Waals surface area contributed by atoms with Gasteiger partial charge in [-0.2, -0.15) is 23.5 Å². The third kappa shape index (κ3) is 4.95. The number of oxazole rings is 2. The van der Waals surface area contributed by atoms with E-state index < -0.39 is 12.0 Å². The van der Waals surface area contributed by atoms with Crippen molar-refractivity contribution in [2.24, 2.45) is 0 Å². The smallest absolute Gasteiger partial charge is 0.300 e. The maximum Gasteiger partial charge on any atom is 0.300 e. The molecule has 0 aliphatic carbocycles. The summed E-state index contributed by atoms with van der Waals surface area (Å²) in [5, 5.41) is 12.7. The van der Waals surface area contributed by atoms with E-state index in [-0.39, 0.29) is 19.2 Å². The van der Waals surface area contributed by atoms with Crippen molar-refractivity contribution >= 4 is 54.2 Å². The van der Waals surface area contributed by atoms with Crippen LogP contribution in [0.1, 0.15) is 36.2 Å². The van der Waals surface area contributed by atoms with Gasteiger partial charge >= 0.3 is 0 Å². The molecule has 3 fully saturated rings. The molecule has 0 unspecified atom stereocenters. The van der Waals surface area contributed by atoms with Crippen LogP contribution in [0.4, 0.5) is 23.5 Å². The molecule has 6 heterocycles. The van der Waals surface area contributed by atoms with Crippen LogP contribution in [-0.4, -0.2) is 84.6 Å². The predicted octanol–water partition coefficient (Wildman–Crippen LogP) is 1.97. The Hall–Kier alpha value is -3.03. The minimum absolute atomic E-state index is 0. The van der Waals surface area contributed by atoms with E-state index in [1.54, 1.807) is 6.07 Å². The highest BCUT2D eigenvalue weighted by Crippen LogP contribution is 2.33. The average molecular weight is 518 g/mol. The molecule has 3 saturated heterocycles. The molecule has 0 radical (unpaired) electrons. The van der Waals surface area contributed by atoms with Gasteiger partial charge in [-0.3, -0.25) is 4.79 Å². The first-order valence-corrected chi connectivity index (χ1v) is 12.2. The Morgan fingerprint density at radius 1 is 0.972 bits per heavy atom. The van der Waals surface area contributed by atoms with Crippen molar-refractivity contribution in [3.05, 3.63) is 18.0 Å². The number of hydrogen-bond acceptors (Lipinski definition) is 11. The Morgan fingerprint density at radius 2 is 1.78 bits per heavy atom. The summed E-state index contributed by atoms with van der Waals surface area (Å²) in [7, 11) is 0. The largest absolute Gasteiger partial charge is 0.431 e. The van der Waals surface area contributed by atoms with E-state index in [2.05, 4.69) is 20.2 Å². The summed E-state index contributed by atoms with van der Waals surface area (Å²) in [5.41, 5.74) is 1.74. The third-order valence-electron chi connectivity index (χ3n) is 6.70. The highest BCUT2D eigenvalue weighted by atomic mass is 32.1. The highest BCUT2D eigenvalue weighted by Gasteiger charge is 2.27. The number of hydrogen-bond donors (Lipinski definition) is 2. The number of β-amino-alcohol motifs (C(OH)–C–C–N with tert-alkyl or cyclic N) is 1. The quantitative estimate of drug-likeness (QED) is 0.515. The maximum atomic E-state index is 13.1. The topological polar surface area (TPSA) is 133 Å². The number of carbonyl (C=O) groups is 1. The van der Waals surface area contributed by atoms with Crippen LogP contribution in [0.25, 0.3) is 11.2 Å². The molecule has 194 valence electrons. The molecule has 3 aromatic rings. The molecule has 13 heteroatoms. The Balaban J connectivity index is 0.00000267. The molecule has 2 N–H and O–H groups in total. The summed E-state index contributed by atoms with van der Waals surface area (Å²) >= 11 is 0. The summed E-state index contributed by atoms with van der Waals surface area (Å²) in [6.45, 7) is 5.47. The van der Waals surface area contributed by atoms with E-state index in [1.807, 2.05) is 9.80 Å². The fourth-order valence-electron chi connectivity index (χ4n) is 4.79. The van der Waals surface area contributed by atoms with Crippen LogP contribution in [0.3, 0.4) is 0 Å². The Morgan fingerprint density at radius 3 is 2.53 bits per heavy atom. The number of aliphatic hydroxyl groups is 1. The monoisotopic (exact) mass is 517 g/mol. The van der Waals surface area contributed by atoms with E-state index in [0.717, 1.165) is 25.9 Å². The third-order valence-corrected chi connectivity index (χ3v) is 6.70. The molecule has 0 aromatic carbocycles. The molecular weight excluding hydrogens is 486 g/mol. The summed E-state index contributed by atoms with van der Waals surface area (Å²) in [4.78, 5) is 32.9. The van der Waals surface area contributed by atoms with Gasteiger partial charge in [0.2, 0.25) is 5.65 Å². The predicted molar refractivity (Wildman–Crippen MR) is 139 cm³/mol. The van der Waals surface area contributed by atoms with Gasteiger partial charge in [0.25, 0.3) is 17.9 Å². The van der Waals surface area contributed by atoms with Gasteiger partial charge in [0, 0.05) is 45.3 Å². The highest BCUT2D eigenvalue weighted by molar-refractivity contribution is 7.59. The minimum Gasteiger partial charge on any atom is -0.431 e. The van der Waals surface area contributed by atoms with Crippen LogP contribution in [0, 0.1) is 0 Å². The van der Waals surface area contributed by atoms with Gasteiger partial charge in [-0.15, -0.1) is 0 Å². The van der Waals surface area contributed by atoms with Gasteiger partial charge in [-0.1, -0.05) is 0 Å². The summed E-state index contributed by atoms with van der Waals surface area (Å²) in [6.07, 6.45) is 4.90. The van der Waals surface area contributed by atoms with Gasteiger partial charge in [0.15, 0.2) is 17.1 Å². The van der Waals surface area contributed by atoms with Crippen LogP contribution < -0.4 is 20.0 Å². The number of rotatable bonds is 5. The lowest BCUT2D eigenvalue weighted by Gasteiger charge is -2.29. The molecule has 12 nitrogen and oxygen atoms in total. The summed E-state index contributed by atoms with van der Waals surface area (Å²) in [6, 6.07) is 2.64. The van der Waals surface area contributed by atoms with Crippen LogP contribution >= 0.6 is 13.5 Å². The van der Waals surface area contributed by atoms with Gasteiger partial charge in [-0.25, -0.2) is 4.98 Å². The minimum atomic E-state index is -0.409. The van der Waals surface area contributed by atoms with Crippen molar-refractivity contribution in [1.82, 2.24) is 15.0 Å². The molecule has 0 spiro atoms. The number of amides is 1. The molecule has 1 atom stereocenters. The fraction of sp³-hybridized carbons (Fsp3) is 0.565. The second kappa shape index (κ2) is 10.5. The van der Waals surface area contributed by atoms with E-state index >= 15 is 0 Å². The molecule has 0 bridgehead atoms. The van der Waals surface area contributed by atoms with Gasteiger partial charge in [0.05, 0.1) is 25.0 Å². The number of fused-ring (bicyclic) bond motifs is 1. The molecular formula is C23H31N7O5S. The SMILES string of the molecule is O=C(Nc1cc2oc(N3CCOCC3)nc2nc1N1CCCCC1)c1coc(N2CC[C@H](O)C2)n1.S. The van der Waals surface area contributed by atoms with Gasteiger partial charge in [0.1, 0.15) is 6.26 Å². The second-order valence-corrected chi connectivity index (χ2v) is 9.18. The van der Waals surface area contributed by atoms with Crippen LogP contribution in [-0.2, 0) is 4.74 Å². The lowest BCUT2D eigenvalue weighted by molar-refractivity contribution is 0.102. The first kappa shape index (κ1) is 24.7. The lowest BCUT2D eigenvalue weighted by Crippen LogP contribution is -2.36. The molecule has 6 rings (SSSR count). The van der Waals surface area contributed by atoms with Crippen molar-refractivity contribution in [3.8, 4) is 0 Å². The summed E-state index contributed by atoms with van der Waals surface area (Å²) < 4.78 is 17.0. The Kier molecular flexibility index (Phi) is 7.21. The normalized spacial score (nSPS) is 20.6. The second-order valence-electron chi connectivity index (χ2n) is 9.18. The lowest BCUT2D eigenvalue weighted by atomic mass is 10.1. The molecule has 3 aliphatic heterocycles. The maximum absolute atomic E-state index is 13.1. The van der Waals surface area contributed by atoms with Crippen molar-refractivity contribution in [2.45, 2.75) is 31.8 Å². The average Bonchev–Trinajstić information content (AvgIpc) is 3.64. The number of aliphatic hydroxyl groups excluding tert-OH is 1. The molecule has 36 heavy (non-hydrogen) atoms.